The van der Waals surface area contributed by atoms with Crippen molar-refractivity contribution in [2.24, 2.45) is 0 Å². The molecule has 0 spiro atoms. The zero-order valence-electron chi connectivity index (χ0n) is 31.8. The zero-order chi connectivity index (χ0) is 38.6. The highest BCUT2D eigenvalue weighted by Gasteiger charge is 2.38. The van der Waals surface area contributed by atoms with E-state index in [0.717, 1.165) is 0 Å². The largest absolute Gasteiger partial charge is 0.309 e. The van der Waals surface area contributed by atoms with E-state index < -0.39 is 0 Å². The lowest BCUT2D eigenvalue weighted by Gasteiger charge is -2.33. The number of nitrogens with zero attached hydrogens (tertiary/aromatic N) is 2. The van der Waals surface area contributed by atoms with Crippen molar-refractivity contribution in [2.75, 3.05) is 0 Å². The van der Waals surface area contributed by atoms with E-state index in [2.05, 4.69) is 209 Å². The molecule has 2 nitrogen and oxygen atoms in total. The third-order valence-corrected chi connectivity index (χ3v) is 14.7. The van der Waals surface area contributed by atoms with Crippen molar-refractivity contribution in [3.8, 4) is 33.6 Å². The molecule has 2 aliphatic heterocycles. The minimum atomic E-state index is 0.185. The quantitative estimate of drug-likeness (QED) is 0.165. The average molecular weight is 785 g/mol. The summed E-state index contributed by atoms with van der Waals surface area (Å²) in [6.07, 6.45) is 0. The molecule has 2 aliphatic rings. The van der Waals surface area contributed by atoms with Crippen LogP contribution in [-0.2, 0) is 0 Å². The topological polar surface area (TPSA) is 9.86 Å². The van der Waals surface area contributed by atoms with Gasteiger partial charge in [-0.2, -0.15) is 0 Å². The van der Waals surface area contributed by atoms with E-state index in [9.17, 15) is 0 Å². The molecule has 0 fully saturated rings. The number of benzene rings is 9. The molecule has 0 aliphatic carbocycles. The van der Waals surface area contributed by atoms with E-state index in [1.807, 2.05) is 23.5 Å². The third kappa shape index (κ3) is 5.05. The van der Waals surface area contributed by atoms with E-state index in [1.165, 1.54) is 113 Å². The monoisotopic (exact) mass is 784 g/mol. The molecular weight excluding hydrogens is 752 g/mol. The average Bonchev–Trinajstić information content (AvgIpc) is 3.82. The van der Waals surface area contributed by atoms with E-state index in [0.29, 0.717) is 0 Å². The molecule has 59 heavy (non-hydrogen) atoms. The highest BCUT2D eigenvalue weighted by Crippen LogP contribution is 2.41. The van der Waals surface area contributed by atoms with Crippen LogP contribution in [0, 0.1) is 0 Å². The van der Waals surface area contributed by atoms with Gasteiger partial charge in [0.05, 0.1) is 22.1 Å². The second kappa shape index (κ2) is 12.9. The molecule has 0 saturated carbocycles. The predicted molar refractivity (Wildman–Crippen MR) is 252 cm³/mol. The summed E-state index contributed by atoms with van der Waals surface area (Å²) in [6.45, 7) is 0.185. The SMILES string of the molecule is c1cc(-c2ccc3c(c2)Sc2cccc4c2B3c2ccc(-c3cccc(-n5c6ccccc6c6ccccc65)c3)cc2S4)cc(-n2c3ccccc3c3ccccc32)c1. The van der Waals surface area contributed by atoms with Crippen LogP contribution in [0.5, 0.6) is 0 Å². The van der Waals surface area contributed by atoms with Gasteiger partial charge in [-0.25, -0.2) is 0 Å². The lowest BCUT2D eigenvalue weighted by molar-refractivity contribution is 1.18. The maximum Gasteiger partial charge on any atom is 0.247 e. The molecule has 4 heterocycles. The van der Waals surface area contributed by atoms with E-state index in [4.69, 9.17) is 0 Å². The summed E-state index contributed by atoms with van der Waals surface area (Å²) >= 11 is 3.84. The fourth-order valence-electron chi connectivity index (χ4n) is 9.83. The lowest BCUT2D eigenvalue weighted by Crippen LogP contribution is -2.57. The maximum absolute atomic E-state index is 2.43. The molecule has 2 aromatic heterocycles. The Balaban J connectivity index is 0.892. The zero-order valence-corrected chi connectivity index (χ0v) is 33.5. The van der Waals surface area contributed by atoms with Crippen LogP contribution in [-0.4, -0.2) is 15.8 Å². The minimum absolute atomic E-state index is 0.185. The fraction of sp³-hybridized carbons (Fsp3) is 0. The van der Waals surface area contributed by atoms with Crippen molar-refractivity contribution < 1.29 is 0 Å². The Morgan fingerprint density at radius 1 is 0.305 bits per heavy atom. The summed E-state index contributed by atoms with van der Waals surface area (Å²) in [5.74, 6) is 0. The van der Waals surface area contributed by atoms with Crippen LogP contribution in [0.2, 0.25) is 0 Å². The van der Waals surface area contributed by atoms with Crippen molar-refractivity contribution in [1.82, 2.24) is 9.13 Å². The van der Waals surface area contributed by atoms with Gasteiger partial charge in [0.1, 0.15) is 0 Å². The van der Waals surface area contributed by atoms with Gasteiger partial charge in [0, 0.05) is 52.5 Å². The summed E-state index contributed by atoms with van der Waals surface area (Å²) in [7, 11) is 0. The summed E-state index contributed by atoms with van der Waals surface area (Å²) in [5.41, 5.74) is 16.4. The van der Waals surface area contributed by atoms with Crippen LogP contribution in [0.15, 0.2) is 220 Å². The predicted octanol–water partition coefficient (Wildman–Crippen LogP) is 12.7. The number of para-hydroxylation sites is 4. The number of hydrogen-bond acceptors (Lipinski definition) is 2. The molecule has 13 rings (SSSR count). The van der Waals surface area contributed by atoms with Crippen molar-refractivity contribution in [1.29, 1.82) is 0 Å². The van der Waals surface area contributed by atoms with Gasteiger partial charge in [0.2, 0.25) is 6.71 Å². The molecule has 9 aromatic carbocycles. The first kappa shape index (κ1) is 33.3. The van der Waals surface area contributed by atoms with Gasteiger partial charge in [-0.05, 0) is 101 Å². The minimum Gasteiger partial charge on any atom is -0.309 e. The van der Waals surface area contributed by atoms with Crippen LogP contribution >= 0.6 is 23.5 Å². The molecular formula is C54H33BN2S2. The highest BCUT2D eigenvalue weighted by atomic mass is 32.2. The Morgan fingerprint density at radius 3 is 1.10 bits per heavy atom. The van der Waals surface area contributed by atoms with Crippen molar-refractivity contribution >= 4 is 90.2 Å². The molecule has 0 saturated heterocycles. The van der Waals surface area contributed by atoms with E-state index in [-0.39, 0.29) is 6.71 Å². The van der Waals surface area contributed by atoms with E-state index in [1.54, 1.807) is 0 Å². The second-order valence-electron chi connectivity index (χ2n) is 15.7. The van der Waals surface area contributed by atoms with Gasteiger partial charge in [-0.15, -0.1) is 0 Å². The van der Waals surface area contributed by atoms with Crippen molar-refractivity contribution in [3.05, 3.63) is 200 Å². The maximum atomic E-state index is 2.43. The standard InChI is InChI=1S/C54H33BN2S2/c1-5-20-46-40(16-1)41-17-2-6-21-47(41)56(46)38-14-9-12-34(30-38)36-26-28-44-52(32-36)58-50-24-11-25-51-54(50)55(44)45-29-27-37(33-53(45)59-51)35-13-10-15-39(31-35)57-48-22-7-3-18-42(48)43-19-4-8-23-49(43)57/h1-33H. The number of fused-ring (bicyclic) bond motifs is 10. The molecule has 0 atom stereocenters. The Morgan fingerprint density at radius 2 is 0.678 bits per heavy atom. The van der Waals surface area contributed by atoms with Gasteiger partial charge in [0.15, 0.2) is 0 Å². The second-order valence-corrected chi connectivity index (χ2v) is 17.8. The molecule has 0 N–H and O–H groups in total. The Bertz CT molecular complexity index is 3210. The third-order valence-electron chi connectivity index (χ3n) is 12.4. The van der Waals surface area contributed by atoms with Gasteiger partial charge in [-0.1, -0.05) is 162 Å². The Kier molecular flexibility index (Phi) is 7.30. The highest BCUT2D eigenvalue weighted by molar-refractivity contribution is 8.01. The smallest absolute Gasteiger partial charge is 0.247 e. The molecule has 0 radical (unpaired) electrons. The van der Waals surface area contributed by atoms with Crippen LogP contribution in [0.3, 0.4) is 0 Å². The lowest BCUT2D eigenvalue weighted by atomic mass is 9.36. The summed E-state index contributed by atoms with van der Waals surface area (Å²) in [6, 6.07) is 74.2. The normalized spacial score (nSPS) is 12.9. The summed E-state index contributed by atoms with van der Waals surface area (Å²) in [5, 5.41) is 5.12. The van der Waals surface area contributed by atoms with Crippen LogP contribution in [0.1, 0.15) is 0 Å². The van der Waals surface area contributed by atoms with Crippen LogP contribution in [0.4, 0.5) is 0 Å². The van der Waals surface area contributed by atoms with Gasteiger partial charge < -0.3 is 9.13 Å². The number of hydrogen-bond donors (Lipinski definition) is 0. The van der Waals surface area contributed by atoms with Gasteiger partial charge >= 0.3 is 0 Å². The van der Waals surface area contributed by atoms with E-state index >= 15 is 0 Å². The number of rotatable bonds is 4. The van der Waals surface area contributed by atoms with Crippen LogP contribution < -0.4 is 16.4 Å². The number of aromatic nitrogens is 2. The van der Waals surface area contributed by atoms with Crippen LogP contribution in [0.25, 0.3) is 77.2 Å². The van der Waals surface area contributed by atoms with Crippen molar-refractivity contribution in [2.45, 2.75) is 19.6 Å². The first-order chi connectivity index (χ1) is 29.2. The first-order valence-corrected chi connectivity index (χ1v) is 21.8. The molecule has 274 valence electrons. The molecule has 0 unspecified atom stereocenters. The molecule has 0 amide bonds. The van der Waals surface area contributed by atoms with Gasteiger partial charge in [-0.3, -0.25) is 0 Å². The molecule has 11 aromatic rings. The van der Waals surface area contributed by atoms with Crippen molar-refractivity contribution in [3.63, 3.8) is 0 Å². The summed E-state index contributed by atoms with van der Waals surface area (Å²) < 4.78 is 4.81. The molecule has 0 bridgehead atoms. The summed E-state index contributed by atoms with van der Waals surface area (Å²) in [4.78, 5) is 5.38. The van der Waals surface area contributed by atoms with Gasteiger partial charge in [0.25, 0.3) is 0 Å². The Hall–Kier alpha value is -6.66. The molecule has 5 heteroatoms. The Labute approximate surface area is 350 Å². The fourth-order valence-corrected chi connectivity index (χ4v) is 12.3. The first-order valence-electron chi connectivity index (χ1n) is 20.2.